The van der Waals surface area contributed by atoms with Crippen LogP contribution in [0.3, 0.4) is 0 Å². The Morgan fingerprint density at radius 1 is 1.12 bits per heavy atom. The van der Waals surface area contributed by atoms with Crippen molar-refractivity contribution in [3.8, 4) is 0 Å². The number of ether oxygens (including phenoxy) is 1. The van der Waals surface area contributed by atoms with Gasteiger partial charge in [-0.05, 0) is 37.2 Å². The Morgan fingerprint density at radius 2 is 1.92 bits per heavy atom. The fraction of sp³-hybridized carbons (Fsp3) is 0.650. The molecule has 3 fully saturated rings. The highest BCUT2D eigenvalue weighted by molar-refractivity contribution is 5.75. The Kier molecular flexibility index (Phi) is 5.22. The number of nitrogens with one attached hydrogen (secondary N) is 2. The molecule has 1 saturated carbocycles. The first-order valence-corrected chi connectivity index (χ1v) is 9.70. The van der Waals surface area contributed by atoms with E-state index in [-0.39, 0.29) is 6.03 Å². The lowest BCUT2D eigenvalue weighted by atomic mass is 10.0. The summed E-state index contributed by atoms with van der Waals surface area (Å²) in [7, 11) is 0. The summed E-state index contributed by atoms with van der Waals surface area (Å²) in [6, 6.07) is 11.1. The fourth-order valence-electron chi connectivity index (χ4n) is 4.17. The number of hydrogen-bond acceptors (Lipinski definition) is 3. The van der Waals surface area contributed by atoms with E-state index in [0.29, 0.717) is 23.9 Å². The van der Waals surface area contributed by atoms with Crippen LogP contribution in [0, 0.1) is 5.92 Å². The van der Waals surface area contributed by atoms with Gasteiger partial charge >= 0.3 is 6.03 Å². The monoisotopic (exact) mass is 343 g/mol. The highest BCUT2D eigenvalue weighted by Crippen LogP contribution is 2.40. The number of rotatable bonds is 5. The molecule has 0 aromatic heterocycles. The number of likely N-dealkylation sites (tertiary alicyclic amines) is 1. The summed E-state index contributed by atoms with van der Waals surface area (Å²) < 4.78 is 5.46. The smallest absolute Gasteiger partial charge is 0.315 e. The van der Waals surface area contributed by atoms with Crippen LogP contribution in [0.2, 0.25) is 0 Å². The first-order chi connectivity index (χ1) is 12.3. The molecule has 1 aromatic rings. The van der Waals surface area contributed by atoms with Gasteiger partial charge in [-0.25, -0.2) is 4.79 Å². The lowest BCUT2D eigenvalue weighted by molar-refractivity contribution is 0.148. The molecule has 1 aromatic carbocycles. The average Bonchev–Trinajstić information content (AvgIpc) is 3.20. The lowest BCUT2D eigenvalue weighted by Crippen LogP contribution is -2.49. The number of urea groups is 1. The van der Waals surface area contributed by atoms with Gasteiger partial charge in [0.15, 0.2) is 0 Å². The molecule has 0 bridgehead atoms. The van der Waals surface area contributed by atoms with Crippen LogP contribution in [-0.4, -0.2) is 55.9 Å². The van der Waals surface area contributed by atoms with Gasteiger partial charge in [0.25, 0.3) is 0 Å². The topological polar surface area (TPSA) is 53.6 Å². The van der Waals surface area contributed by atoms with Gasteiger partial charge in [-0.1, -0.05) is 30.3 Å². The molecule has 3 atom stereocenters. The van der Waals surface area contributed by atoms with E-state index in [1.807, 2.05) is 6.07 Å². The minimum Gasteiger partial charge on any atom is -0.381 e. The third-order valence-electron chi connectivity index (χ3n) is 5.80. The third kappa shape index (κ3) is 4.53. The molecule has 5 nitrogen and oxygen atoms in total. The van der Waals surface area contributed by atoms with Crippen molar-refractivity contribution >= 4 is 6.03 Å². The SMILES string of the molecule is O=C(NC1CCN(C[C@@H]2CCOC2)CC1)N[C@@H]1C[C@H]1c1ccccc1. The number of amides is 2. The summed E-state index contributed by atoms with van der Waals surface area (Å²) in [6.45, 7) is 5.16. The second-order valence-corrected chi connectivity index (χ2v) is 7.78. The summed E-state index contributed by atoms with van der Waals surface area (Å²) in [5, 5.41) is 6.31. The zero-order chi connectivity index (χ0) is 17.1. The second kappa shape index (κ2) is 7.75. The van der Waals surface area contributed by atoms with Gasteiger partial charge in [-0.3, -0.25) is 0 Å². The van der Waals surface area contributed by atoms with E-state index in [1.165, 1.54) is 12.0 Å². The van der Waals surface area contributed by atoms with Crippen LogP contribution >= 0.6 is 0 Å². The van der Waals surface area contributed by atoms with Gasteiger partial charge in [0.2, 0.25) is 0 Å². The molecule has 25 heavy (non-hydrogen) atoms. The van der Waals surface area contributed by atoms with Crippen molar-refractivity contribution in [1.29, 1.82) is 0 Å². The van der Waals surface area contributed by atoms with E-state index in [2.05, 4.69) is 39.8 Å². The molecule has 2 saturated heterocycles. The average molecular weight is 343 g/mol. The molecule has 2 heterocycles. The van der Waals surface area contributed by atoms with E-state index in [4.69, 9.17) is 4.74 Å². The number of hydrogen-bond donors (Lipinski definition) is 2. The molecule has 5 heteroatoms. The van der Waals surface area contributed by atoms with Crippen molar-refractivity contribution in [3.63, 3.8) is 0 Å². The van der Waals surface area contributed by atoms with Crippen LogP contribution in [0.5, 0.6) is 0 Å². The first-order valence-electron chi connectivity index (χ1n) is 9.70. The van der Waals surface area contributed by atoms with Gasteiger partial charge in [0.1, 0.15) is 0 Å². The molecule has 4 rings (SSSR count). The van der Waals surface area contributed by atoms with Gasteiger partial charge in [-0.15, -0.1) is 0 Å². The van der Waals surface area contributed by atoms with Gasteiger partial charge in [0.05, 0.1) is 6.61 Å². The summed E-state index contributed by atoms with van der Waals surface area (Å²) in [5.41, 5.74) is 1.33. The summed E-state index contributed by atoms with van der Waals surface area (Å²) in [5.74, 6) is 1.19. The van der Waals surface area contributed by atoms with Crippen LogP contribution in [0.4, 0.5) is 4.79 Å². The Hall–Kier alpha value is -1.59. The maximum absolute atomic E-state index is 12.2. The van der Waals surface area contributed by atoms with Crippen LogP contribution in [0.1, 0.15) is 37.2 Å². The van der Waals surface area contributed by atoms with Crippen molar-refractivity contribution < 1.29 is 9.53 Å². The molecule has 2 aliphatic heterocycles. The molecular formula is C20H29N3O2. The zero-order valence-corrected chi connectivity index (χ0v) is 14.8. The van der Waals surface area contributed by atoms with Crippen molar-refractivity contribution in [1.82, 2.24) is 15.5 Å². The van der Waals surface area contributed by atoms with E-state index in [1.54, 1.807) is 0 Å². The number of piperidine rings is 1. The highest BCUT2D eigenvalue weighted by Gasteiger charge is 2.39. The predicted molar refractivity (Wildman–Crippen MR) is 97.6 cm³/mol. The van der Waals surface area contributed by atoms with Gasteiger partial charge in [-0.2, -0.15) is 0 Å². The molecule has 1 aliphatic carbocycles. The van der Waals surface area contributed by atoms with Crippen LogP contribution < -0.4 is 10.6 Å². The number of carbonyl (C=O) groups is 1. The van der Waals surface area contributed by atoms with Crippen molar-refractivity contribution in [3.05, 3.63) is 35.9 Å². The summed E-state index contributed by atoms with van der Waals surface area (Å²) >= 11 is 0. The zero-order valence-electron chi connectivity index (χ0n) is 14.8. The normalized spacial score (nSPS) is 30.2. The quantitative estimate of drug-likeness (QED) is 0.863. The molecule has 0 unspecified atom stereocenters. The number of carbonyl (C=O) groups excluding carboxylic acids is 1. The van der Waals surface area contributed by atoms with Gasteiger partial charge in [0, 0.05) is 44.2 Å². The highest BCUT2D eigenvalue weighted by atomic mass is 16.5. The van der Waals surface area contributed by atoms with E-state index >= 15 is 0 Å². The second-order valence-electron chi connectivity index (χ2n) is 7.78. The molecule has 0 radical (unpaired) electrons. The molecule has 0 spiro atoms. The van der Waals surface area contributed by atoms with Crippen LogP contribution in [-0.2, 0) is 4.74 Å². The standard InChI is InChI=1S/C20H29N3O2/c24-20(22-19-12-18(19)16-4-2-1-3-5-16)21-17-6-9-23(10-7-17)13-15-8-11-25-14-15/h1-5,15,17-19H,6-14H2,(H2,21,22,24)/t15-,18-,19+/m0/s1. The number of benzene rings is 1. The third-order valence-corrected chi connectivity index (χ3v) is 5.80. The van der Waals surface area contributed by atoms with E-state index in [0.717, 1.165) is 52.1 Å². The van der Waals surface area contributed by atoms with Crippen molar-refractivity contribution in [2.45, 2.75) is 43.7 Å². The minimum atomic E-state index is 0.00562. The minimum absolute atomic E-state index is 0.00562. The predicted octanol–water partition coefficient (Wildman–Crippen LogP) is 2.34. The molecular weight excluding hydrogens is 314 g/mol. The maximum Gasteiger partial charge on any atom is 0.315 e. The lowest BCUT2D eigenvalue weighted by Gasteiger charge is -2.33. The van der Waals surface area contributed by atoms with Crippen molar-refractivity contribution in [2.24, 2.45) is 5.92 Å². The molecule has 136 valence electrons. The van der Waals surface area contributed by atoms with E-state index < -0.39 is 0 Å². The Bertz CT molecular complexity index is 566. The molecule has 2 N–H and O–H groups in total. The van der Waals surface area contributed by atoms with Crippen LogP contribution in [0.25, 0.3) is 0 Å². The van der Waals surface area contributed by atoms with E-state index in [9.17, 15) is 4.79 Å². The summed E-state index contributed by atoms with van der Waals surface area (Å²) in [4.78, 5) is 14.8. The maximum atomic E-state index is 12.2. The molecule has 2 amide bonds. The van der Waals surface area contributed by atoms with Crippen molar-refractivity contribution in [2.75, 3.05) is 32.8 Å². The first kappa shape index (κ1) is 16.9. The Morgan fingerprint density at radius 3 is 2.64 bits per heavy atom. The summed E-state index contributed by atoms with van der Waals surface area (Å²) in [6.07, 6.45) is 4.35. The number of nitrogens with zero attached hydrogens (tertiary/aromatic N) is 1. The Balaban J connectivity index is 1.15. The molecule has 3 aliphatic rings. The largest absolute Gasteiger partial charge is 0.381 e. The van der Waals surface area contributed by atoms with Gasteiger partial charge < -0.3 is 20.3 Å². The fourth-order valence-corrected chi connectivity index (χ4v) is 4.17. The Labute approximate surface area is 150 Å². The van der Waals surface area contributed by atoms with Crippen LogP contribution in [0.15, 0.2) is 30.3 Å².